The molecule has 3 rings (SSSR count). The van der Waals surface area contributed by atoms with Crippen LogP contribution >= 0.6 is 0 Å². The highest BCUT2D eigenvalue weighted by Crippen LogP contribution is 2.32. The summed E-state index contributed by atoms with van der Waals surface area (Å²) < 4.78 is 0. The number of fused-ring (bicyclic) bond motifs is 3. The molecule has 1 aliphatic heterocycles. The van der Waals surface area contributed by atoms with Crippen LogP contribution < -0.4 is 5.32 Å². The van der Waals surface area contributed by atoms with E-state index in [4.69, 9.17) is 4.98 Å². The fourth-order valence-electron chi connectivity index (χ4n) is 2.29. The van der Waals surface area contributed by atoms with Crippen LogP contribution in [0.2, 0.25) is 0 Å². The highest BCUT2D eigenvalue weighted by Gasteiger charge is 2.22. The third-order valence-corrected chi connectivity index (χ3v) is 3.01. The van der Waals surface area contributed by atoms with Gasteiger partial charge in [0.25, 0.3) is 0 Å². The van der Waals surface area contributed by atoms with E-state index >= 15 is 0 Å². The minimum absolute atomic E-state index is 0.237. The number of nitrogens with zero attached hydrogens (tertiary/aromatic N) is 2. The summed E-state index contributed by atoms with van der Waals surface area (Å²) in [7, 11) is 0. The Bertz CT molecular complexity index is 578. The zero-order valence-electron chi connectivity index (χ0n) is 11.0. The number of pyridine rings is 1. The van der Waals surface area contributed by atoms with E-state index in [9.17, 15) is 0 Å². The van der Waals surface area contributed by atoms with Crippen molar-refractivity contribution in [1.29, 1.82) is 0 Å². The van der Waals surface area contributed by atoms with Gasteiger partial charge in [-0.1, -0.05) is 20.8 Å². The van der Waals surface area contributed by atoms with Crippen LogP contribution in [-0.4, -0.2) is 15.0 Å². The molecule has 0 unspecified atom stereocenters. The third-order valence-electron chi connectivity index (χ3n) is 3.01. The standard InChI is InChI=1S/C14H18N4/c1-14(2,3)7-11-17-10-8-16-9-5-4-6-15-12(9)13(10)18-11/h4-6,16H,7-8H2,1-3H3,(H,17,18). The Morgan fingerprint density at radius 2 is 2.11 bits per heavy atom. The van der Waals surface area contributed by atoms with Crippen molar-refractivity contribution in [3.05, 3.63) is 29.8 Å². The molecule has 0 atom stereocenters. The van der Waals surface area contributed by atoms with Crippen molar-refractivity contribution in [2.24, 2.45) is 5.41 Å². The van der Waals surface area contributed by atoms with E-state index in [2.05, 4.69) is 36.1 Å². The fourth-order valence-corrected chi connectivity index (χ4v) is 2.29. The van der Waals surface area contributed by atoms with Crippen LogP contribution in [0, 0.1) is 5.41 Å². The van der Waals surface area contributed by atoms with Crippen molar-refractivity contribution in [1.82, 2.24) is 15.0 Å². The molecule has 0 aromatic carbocycles. The Kier molecular flexibility index (Phi) is 2.40. The number of aromatic nitrogens is 3. The lowest BCUT2D eigenvalue weighted by Crippen LogP contribution is -2.10. The molecule has 0 saturated carbocycles. The van der Waals surface area contributed by atoms with Gasteiger partial charge in [0.15, 0.2) is 0 Å². The molecule has 0 saturated heterocycles. The lowest BCUT2D eigenvalue weighted by atomic mass is 9.92. The molecular formula is C14H18N4. The van der Waals surface area contributed by atoms with E-state index in [1.54, 1.807) is 0 Å². The zero-order chi connectivity index (χ0) is 12.8. The van der Waals surface area contributed by atoms with Gasteiger partial charge in [-0.3, -0.25) is 4.98 Å². The first-order valence-corrected chi connectivity index (χ1v) is 6.30. The molecule has 2 aromatic heterocycles. The lowest BCUT2D eigenvalue weighted by Gasteiger charge is -2.15. The van der Waals surface area contributed by atoms with Crippen LogP contribution in [0.5, 0.6) is 0 Å². The summed E-state index contributed by atoms with van der Waals surface area (Å²) in [5, 5.41) is 3.36. The third kappa shape index (κ3) is 1.98. The molecular weight excluding hydrogens is 224 g/mol. The van der Waals surface area contributed by atoms with Crippen LogP contribution in [0.4, 0.5) is 5.69 Å². The molecule has 0 radical (unpaired) electrons. The maximum absolute atomic E-state index is 4.72. The molecule has 18 heavy (non-hydrogen) atoms. The molecule has 0 aliphatic carbocycles. The molecule has 1 aliphatic rings. The summed E-state index contributed by atoms with van der Waals surface area (Å²) in [6.07, 6.45) is 2.76. The molecule has 0 fully saturated rings. The Morgan fingerprint density at radius 1 is 1.28 bits per heavy atom. The van der Waals surface area contributed by atoms with Gasteiger partial charge >= 0.3 is 0 Å². The number of nitrogens with one attached hydrogen (secondary N) is 2. The molecule has 4 heteroatoms. The van der Waals surface area contributed by atoms with Gasteiger partial charge < -0.3 is 10.3 Å². The van der Waals surface area contributed by atoms with Crippen molar-refractivity contribution in [2.45, 2.75) is 33.7 Å². The van der Waals surface area contributed by atoms with Gasteiger partial charge in [0, 0.05) is 12.6 Å². The Labute approximate surface area is 107 Å². The first kappa shape index (κ1) is 11.3. The summed E-state index contributed by atoms with van der Waals surface area (Å²) in [6, 6.07) is 3.99. The largest absolute Gasteiger partial charge is 0.378 e. The minimum atomic E-state index is 0.237. The van der Waals surface area contributed by atoms with E-state index in [0.717, 1.165) is 41.6 Å². The maximum atomic E-state index is 4.72. The number of hydrogen-bond donors (Lipinski definition) is 2. The number of hydrogen-bond acceptors (Lipinski definition) is 3. The summed E-state index contributed by atoms with van der Waals surface area (Å²) in [5.41, 5.74) is 4.40. The SMILES string of the molecule is CC(C)(C)Cc1nc2c([nH]1)CNc1cccnc1-2. The predicted octanol–water partition coefficient (Wildman–Crippen LogP) is 2.99. The number of rotatable bonds is 1. The molecule has 2 N–H and O–H groups in total. The summed E-state index contributed by atoms with van der Waals surface area (Å²) >= 11 is 0. The molecule has 4 nitrogen and oxygen atoms in total. The normalized spacial score (nSPS) is 13.7. The number of H-pyrrole nitrogens is 1. The highest BCUT2D eigenvalue weighted by molar-refractivity contribution is 5.76. The summed E-state index contributed by atoms with van der Waals surface area (Å²) in [5.74, 6) is 1.05. The topological polar surface area (TPSA) is 53.6 Å². The second kappa shape index (κ2) is 3.83. The first-order valence-electron chi connectivity index (χ1n) is 6.30. The Balaban J connectivity index is 2.02. The summed E-state index contributed by atoms with van der Waals surface area (Å²) in [6.45, 7) is 7.46. The fraction of sp³-hybridized carbons (Fsp3) is 0.429. The van der Waals surface area contributed by atoms with E-state index in [1.165, 1.54) is 0 Å². The van der Waals surface area contributed by atoms with E-state index in [0.29, 0.717) is 0 Å². The van der Waals surface area contributed by atoms with Crippen LogP contribution in [0.15, 0.2) is 18.3 Å². The van der Waals surface area contributed by atoms with Gasteiger partial charge in [0.05, 0.1) is 17.9 Å². The Hall–Kier alpha value is -1.84. The van der Waals surface area contributed by atoms with Crippen molar-refractivity contribution >= 4 is 5.69 Å². The minimum Gasteiger partial charge on any atom is -0.378 e. The second-order valence-corrected chi connectivity index (χ2v) is 6.00. The van der Waals surface area contributed by atoms with Gasteiger partial charge in [-0.25, -0.2) is 4.98 Å². The first-order chi connectivity index (χ1) is 8.53. The highest BCUT2D eigenvalue weighted by atomic mass is 15.0. The van der Waals surface area contributed by atoms with Gasteiger partial charge in [-0.05, 0) is 17.5 Å². The summed E-state index contributed by atoms with van der Waals surface area (Å²) in [4.78, 5) is 12.6. The van der Waals surface area contributed by atoms with Crippen molar-refractivity contribution in [3.63, 3.8) is 0 Å². The van der Waals surface area contributed by atoms with E-state index in [1.807, 2.05) is 18.3 Å². The van der Waals surface area contributed by atoms with Gasteiger partial charge in [0.1, 0.15) is 17.2 Å². The lowest BCUT2D eigenvalue weighted by molar-refractivity contribution is 0.402. The predicted molar refractivity (Wildman–Crippen MR) is 72.3 cm³/mol. The molecule has 2 aromatic rings. The second-order valence-electron chi connectivity index (χ2n) is 6.00. The smallest absolute Gasteiger partial charge is 0.114 e. The number of anilines is 1. The van der Waals surface area contributed by atoms with Gasteiger partial charge in [0.2, 0.25) is 0 Å². The van der Waals surface area contributed by atoms with Crippen LogP contribution in [0.25, 0.3) is 11.4 Å². The zero-order valence-corrected chi connectivity index (χ0v) is 11.0. The number of aromatic amines is 1. The van der Waals surface area contributed by atoms with Gasteiger partial charge in [-0.15, -0.1) is 0 Å². The van der Waals surface area contributed by atoms with Crippen LogP contribution in [0.3, 0.4) is 0 Å². The average molecular weight is 242 g/mol. The molecule has 0 amide bonds. The molecule has 3 heterocycles. The number of imidazole rings is 1. The van der Waals surface area contributed by atoms with Crippen molar-refractivity contribution < 1.29 is 0 Å². The monoisotopic (exact) mass is 242 g/mol. The average Bonchev–Trinajstić information content (AvgIpc) is 2.69. The Morgan fingerprint density at radius 3 is 2.89 bits per heavy atom. The van der Waals surface area contributed by atoms with E-state index in [-0.39, 0.29) is 5.41 Å². The molecule has 94 valence electrons. The van der Waals surface area contributed by atoms with Gasteiger partial charge in [-0.2, -0.15) is 0 Å². The van der Waals surface area contributed by atoms with Crippen molar-refractivity contribution in [2.75, 3.05) is 5.32 Å². The maximum Gasteiger partial charge on any atom is 0.114 e. The van der Waals surface area contributed by atoms with Crippen molar-refractivity contribution in [3.8, 4) is 11.4 Å². The molecule has 0 spiro atoms. The van der Waals surface area contributed by atoms with E-state index < -0.39 is 0 Å². The molecule has 0 bridgehead atoms. The van der Waals surface area contributed by atoms with Crippen LogP contribution in [-0.2, 0) is 13.0 Å². The quantitative estimate of drug-likeness (QED) is 0.808. The van der Waals surface area contributed by atoms with Crippen LogP contribution in [0.1, 0.15) is 32.3 Å².